The number of hydrogen-bond acceptors (Lipinski definition) is 5. The Morgan fingerprint density at radius 2 is 1.67 bits per heavy atom. The number of rotatable bonds is 5. The van der Waals surface area contributed by atoms with Gasteiger partial charge in [0.25, 0.3) is 0 Å². The molecule has 1 aliphatic rings. The summed E-state index contributed by atoms with van der Waals surface area (Å²) in [6.45, 7) is 11.1. The zero-order valence-electron chi connectivity index (χ0n) is 17.1. The van der Waals surface area contributed by atoms with Crippen molar-refractivity contribution < 1.29 is 23.8 Å². The molecule has 2 rings (SSSR count). The summed E-state index contributed by atoms with van der Waals surface area (Å²) in [7, 11) is 0. The number of hydrogen-bond donors (Lipinski definition) is 1. The summed E-state index contributed by atoms with van der Waals surface area (Å²) >= 11 is 0. The SMILES string of the molecule is CC(C)(C)OC(=O)COC[C@@H]1c2ccccc2C[C@H]1NC(=O)OC(C)(C)C. The van der Waals surface area contributed by atoms with Gasteiger partial charge in [-0.3, -0.25) is 0 Å². The summed E-state index contributed by atoms with van der Waals surface area (Å²) in [5, 5.41) is 2.95. The molecule has 150 valence electrons. The molecule has 0 fully saturated rings. The highest BCUT2D eigenvalue weighted by atomic mass is 16.6. The molecule has 0 unspecified atom stereocenters. The fourth-order valence-electron chi connectivity index (χ4n) is 3.13. The van der Waals surface area contributed by atoms with Gasteiger partial charge in [-0.05, 0) is 59.1 Å². The molecule has 0 bridgehead atoms. The maximum absolute atomic E-state index is 12.2. The van der Waals surface area contributed by atoms with Gasteiger partial charge in [0.05, 0.1) is 6.61 Å². The first kappa shape index (κ1) is 21.2. The maximum atomic E-state index is 12.2. The van der Waals surface area contributed by atoms with E-state index in [-0.39, 0.29) is 18.6 Å². The van der Waals surface area contributed by atoms with Crippen LogP contribution in [0.2, 0.25) is 0 Å². The lowest BCUT2D eigenvalue weighted by atomic mass is 9.99. The highest BCUT2D eigenvalue weighted by Crippen LogP contribution is 2.33. The zero-order valence-corrected chi connectivity index (χ0v) is 17.1. The topological polar surface area (TPSA) is 73.9 Å². The first-order valence-corrected chi connectivity index (χ1v) is 9.31. The number of esters is 1. The molecule has 0 spiro atoms. The molecule has 0 saturated heterocycles. The number of nitrogens with one attached hydrogen (secondary N) is 1. The zero-order chi connectivity index (χ0) is 20.2. The van der Waals surface area contributed by atoms with Crippen LogP contribution in [-0.2, 0) is 25.4 Å². The molecule has 1 aliphatic carbocycles. The molecule has 0 radical (unpaired) electrons. The second-order valence-corrected chi connectivity index (χ2v) is 8.86. The number of carbonyl (C=O) groups excluding carboxylic acids is 2. The Kier molecular flexibility index (Phi) is 6.52. The Hall–Kier alpha value is -2.08. The Morgan fingerprint density at radius 3 is 2.30 bits per heavy atom. The molecule has 0 heterocycles. The van der Waals surface area contributed by atoms with Crippen molar-refractivity contribution in [1.82, 2.24) is 5.32 Å². The standard InChI is InChI=1S/C21H31NO5/c1-20(2,3)26-18(23)13-25-12-16-15-10-8-7-9-14(15)11-17(16)22-19(24)27-21(4,5)6/h7-10,16-17H,11-13H2,1-6H3,(H,22,24)/t16-,17-/m1/s1. The van der Waals surface area contributed by atoms with Crippen molar-refractivity contribution >= 4 is 12.1 Å². The minimum absolute atomic E-state index is 0.0452. The van der Waals surface area contributed by atoms with Gasteiger partial charge in [0.15, 0.2) is 0 Å². The normalized spacial score (nSPS) is 19.3. The van der Waals surface area contributed by atoms with Crippen molar-refractivity contribution in [2.75, 3.05) is 13.2 Å². The van der Waals surface area contributed by atoms with E-state index in [0.29, 0.717) is 13.0 Å². The number of amides is 1. The van der Waals surface area contributed by atoms with E-state index in [4.69, 9.17) is 14.2 Å². The summed E-state index contributed by atoms with van der Waals surface area (Å²) in [6.07, 6.45) is 0.257. The lowest BCUT2D eigenvalue weighted by molar-refractivity contribution is -0.160. The Morgan fingerprint density at radius 1 is 1.04 bits per heavy atom. The van der Waals surface area contributed by atoms with Crippen LogP contribution >= 0.6 is 0 Å². The molecule has 6 nitrogen and oxygen atoms in total. The minimum atomic E-state index is -0.557. The van der Waals surface area contributed by atoms with Gasteiger partial charge in [-0.1, -0.05) is 24.3 Å². The van der Waals surface area contributed by atoms with Crippen molar-refractivity contribution in [2.45, 2.75) is 71.1 Å². The van der Waals surface area contributed by atoms with Crippen LogP contribution in [0.3, 0.4) is 0 Å². The number of alkyl carbamates (subject to hydrolysis) is 1. The van der Waals surface area contributed by atoms with Gasteiger partial charge in [0.2, 0.25) is 0 Å². The van der Waals surface area contributed by atoms with E-state index in [1.165, 1.54) is 5.56 Å². The Balaban J connectivity index is 1.98. The van der Waals surface area contributed by atoms with Gasteiger partial charge in [0.1, 0.15) is 17.8 Å². The molecule has 2 atom stereocenters. The predicted octanol–water partition coefficient (Wildman–Crippen LogP) is 3.58. The van der Waals surface area contributed by atoms with Gasteiger partial charge >= 0.3 is 12.1 Å². The lowest BCUT2D eigenvalue weighted by Gasteiger charge is -2.25. The fourth-order valence-corrected chi connectivity index (χ4v) is 3.13. The quantitative estimate of drug-likeness (QED) is 0.794. The van der Waals surface area contributed by atoms with E-state index in [0.717, 1.165) is 5.56 Å². The highest BCUT2D eigenvalue weighted by molar-refractivity contribution is 5.71. The second kappa shape index (κ2) is 8.30. The van der Waals surface area contributed by atoms with Gasteiger partial charge in [-0.15, -0.1) is 0 Å². The van der Waals surface area contributed by atoms with E-state index in [1.54, 1.807) is 0 Å². The fraction of sp³-hybridized carbons (Fsp3) is 0.619. The molecular weight excluding hydrogens is 346 g/mol. The molecule has 6 heteroatoms. The number of fused-ring (bicyclic) bond motifs is 1. The summed E-state index contributed by atoms with van der Waals surface area (Å²) in [5.74, 6) is -0.443. The van der Waals surface area contributed by atoms with E-state index >= 15 is 0 Å². The summed E-state index contributed by atoms with van der Waals surface area (Å²) in [4.78, 5) is 24.1. The average Bonchev–Trinajstić information content (AvgIpc) is 2.81. The first-order chi connectivity index (χ1) is 12.4. The average molecular weight is 377 g/mol. The first-order valence-electron chi connectivity index (χ1n) is 9.31. The molecule has 1 aromatic carbocycles. The smallest absolute Gasteiger partial charge is 0.407 e. The lowest BCUT2D eigenvalue weighted by Crippen LogP contribution is -2.42. The monoisotopic (exact) mass is 377 g/mol. The van der Waals surface area contributed by atoms with E-state index < -0.39 is 23.3 Å². The minimum Gasteiger partial charge on any atom is -0.458 e. The number of carbonyl (C=O) groups is 2. The van der Waals surface area contributed by atoms with Crippen molar-refractivity contribution in [3.8, 4) is 0 Å². The van der Waals surface area contributed by atoms with E-state index in [9.17, 15) is 9.59 Å². The number of benzene rings is 1. The Bertz CT molecular complexity index is 672. The molecule has 0 aromatic heterocycles. The van der Waals surface area contributed by atoms with Crippen LogP contribution in [-0.4, -0.2) is 42.5 Å². The largest absolute Gasteiger partial charge is 0.458 e. The van der Waals surface area contributed by atoms with E-state index in [2.05, 4.69) is 5.32 Å². The highest BCUT2D eigenvalue weighted by Gasteiger charge is 2.34. The van der Waals surface area contributed by atoms with Crippen molar-refractivity contribution in [1.29, 1.82) is 0 Å². The van der Waals surface area contributed by atoms with Crippen LogP contribution < -0.4 is 5.32 Å². The third-order valence-electron chi connectivity index (χ3n) is 4.02. The third kappa shape index (κ3) is 6.86. The molecule has 1 aromatic rings. The van der Waals surface area contributed by atoms with Crippen molar-refractivity contribution in [2.24, 2.45) is 0 Å². The molecular formula is C21H31NO5. The molecule has 0 saturated carbocycles. The molecule has 1 amide bonds. The maximum Gasteiger partial charge on any atom is 0.407 e. The van der Waals surface area contributed by atoms with Gasteiger partial charge < -0.3 is 19.5 Å². The van der Waals surface area contributed by atoms with E-state index in [1.807, 2.05) is 65.8 Å². The van der Waals surface area contributed by atoms with Crippen molar-refractivity contribution in [3.05, 3.63) is 35.4 Å². The third-order valence-corrected chi connectivity index (χ3v) is 4.02. The van der Waals surface area contributed by atoms with Crippen LogP contribution in [0.25, 0.3) is 0 Å². The molecule has 27 heavy (non-hydrogen) atoms. The van der Waals surface area contributed by atoms with Gasteiger partial charge in [0, 0.05) is 12.0 Å². The van der Waals surface area contributed by atoms with Crippen LogP contribution in [0.4, 0.5) is 4.79 Å². The van der Waals surface area contributed by atoms with Crippen molar-refractivity contribution in [3.63, 3.8) is 0 Å². The molecule has 1 N–H and O–H groups in total. The number of ether oxygens (including phenoxy) is 3. The summed E-state index contributed by atoms with van der Waals surface area (Å²) in [5.41, 5.74) is 1.20. The second-order valence-electron chi connectivity index (χ2n) is 8.86. The van der Waals surface area contributed by atoms with Gasteiger partial charge in [-0.25, -0.2) is 9.59 Å². The molecule has 0 aliphatic heterocycles. The Labute approximate surface area is 161 Å². The summed E-state index contributed by atoms with van der Waals surface area (Å²) in [6, 6.07) is 7.89. The predicted molar refractivity (Wildman–Crippen MR) is 103 cm³/mol. The van der Waals surface area contributed by atoms with Crippen LogP contribution in [0.5, 0.6) is 0 Å². The van der Waals surface area contributed by atoms with Crippen LogP contribution in [0, 0.1) is 0 Å². The van der Waals surface area contributed by atoms with Gasteiger partial charge in [-0.2, -0.15) is 0 Å². The van der Waals surface area contributed by atoms with Crippen LogP contribution in [0.15, 0.2) is 24.3 Å². The summed E-state index contributed by atoms with van der Waals surface area (Å²) < 4.78 is 16.3. The van der Waals surface area contributed by atoms with Crippen LogP contribution in [0.1, 0.15) is 58.6 Å².